The monoisotopic (exact) mass is 553 g/mol. The summed E-state index contributed by atoms with van der Waals surface area (Å²) >= 11 is 0. The number of alkyl carbamates (subject to hydrolysis) is 1. The van der Waals surface area contributed by atoms with Crippen molar-refractivity contribution < 1.29 is 23.5 Å². The maximum absolute atomic E-state index is 13.8. The molecule has 3 heterocycles. The molecule has 5 rings (SSSR count). The van der Waals surface area contributed by atoms with Crippen molar-refractivity contribution in [2.24, 2.45) is 11.8 Å². The fraction of sp³-hybridized carbons (Fsp3) is 0.667. The lowest BCUT2D eigenvalue weighted by Gasteiger charge is -2.45. The molecule has 0 spiro atoms. The molecule has 3 saturated heterocycles. The number of ether oxygens (including phenoxy) is 1. The predicted octanol–water partition coefficient (Wildman–Crippen LogP) is 3.61. The predicted molar refractivity (Wildman–Crippen MR) is 145 cm³/mol. The van der Waals surface area contributed by atoms with Crippen molar-refractivity contribution in [2.45, 2.75) is 95.6 Å². The number of amides is 3. The third-order valence-corrected chi connectivity index (χ3v) is 8.77. The van der Waals surface area contributed by atoms with Crippen molar-refractivity contribution in [3.8, 4) is 6.07 Å². The van der Waals surface area contributed by atoms with Crippen LogP contribution in [0, 0.1) is 29.0 Å². The van der Waals surface area contributed by atoms with Crippen LogP contribution in [0.25, 0.3) is 0 Å². The number of nitriles is 1. The number of carbonyl (C=O) groups is 3. The fourth-order valence-electron chi connectivity index (χ4n) is 6.81. The quantitative estimate of drug-likeness (QED) is 0.553. The molecule has 3 aliphatic heterocycles. The number of nitrogens with one attached hydrogen (secondary N) is 1. The van der Waals surface area contributed by atoms with Crippen LogP contribution in [0.1, 0.15) is 71.4 Å². The first kappa shape index (κ1) is 28.3. The SMILES string of the molecule is CC1CC(C#N)N(C(=O)C(CN2C[C@@H]3CC2C(=O)N3C(c2ccc(F)cc2)C2CCC2)NC(=O)OC(C)(C)C)C1. The first-order chi connectivity index (χ1) is 18.9. The normalized spacial score (nSPS) is 28.2. The molecule has 1 N–H and O–H groups in total. The van der Waals surface area contributed by atoms with E-state index in [9.17, 15) is 24.0 Å². The number of nitrogens with zero attached hydrogens (tertiary/aromatic N) is 4. The average Bonchev–Trinajstić information content (AvgIpc) is 3.52. The number of rotatable bonds is 7. The molecule has 0 aromatic heterocycles. The lowest BCUT2D eigenvalue weighted by Crippen LogP contribution is -2.59. The Morgan fingerprint density at radius 3 is 2.45 bits per heavy atom. The summed E-state index contributed by atoms with van der Waals surface area (Å²) in [4.78, 5) is 45.8. The standard InChI is InChI=1S/C30H40FN5O4/c1-18-12-22(14-32)35(15-18)27(37)24(33-29(39)40-30(2,3)4)17-34-16-23-13-25(34)28(38)36(23)26(19-6-5-7-19)20-8-10-21(31)11-9-20/h8-11,18-19,22-26H,5-7,12-13,15-17H2,1-4H3,(H,33,39)/t18?,22?,23-,24?,25?,26?/m0/s1. The Labute approximate surface area is 235 Å². The van der Waals surface area contributed by atoms with Gasteiger partial charge in [-0.2, -0.15) is 5.26 Å². The Bertz CT molecular complexity index is 1170. The molecule has 1 aromatic carbocycles. The Morgan fingerprint density at radius 1 is 1.18 bits per heavy atom. The Balaban J connectivity index is 1.33. The summed E-state index contributed by atoms with van der Waals surface area (Å²) in [5.74, 6) is -0.0667. The highest BCUT2D eigenvalue weighted by molar-refractivity contribution is 5.88. The number of hydrogen-bond acceptors (Lipinski definition) is 6. The van der Waals surface area contributed by atoms with Crippen LogP contribution in [0.15, 0.2) is 24.3 Å². The molecule has 1 aromatic rings. The summed E-state index contributed by atoms with van der Waals surface area (Å²) < 4.78 is 19.1. The molecule has 6 atom stereocenters. The highest BCUT2D eigenvalue weighted by Gasteiger charge is 2.54. The number of benzene rings is 1. The van der Waals surface area contributed by atoms with E-state index in [0.717, 1.165) is 24.8 Å². The molecule has 3 amide bonds. The van der Waals surface area contributed by atoms with Gasteiger partial charge in [-0.1, -0.05) is 25.5 Å². The number of piperazine rings is 1. The van der Waals surface area contributed by atoms with Gasteiger partial charge in [0.15, 0.2) is 0 Å². The van der Waals surface area contributed by atoms with Gasteiger partial charge in [0.1, 0.15) is 23.5 Å². The topological polar surface area (TPSA) is 106 Å². The second-order valence-corrected chi connectivity index (χ2v) is 13.0. The lowest BCUT2D eigenvalue weighted by atomic mass is 9.76. The van der Waals surface area contributed by atoms with E-state index in [1.807, 2.05) is 16.7 Å². The van der Waals surface area contributed by atoms with E-state index in [1.165, 1.54) is 12.1 Å². The second-order valence-electron chi connectivity index (χ2n) is 13.0. The van der Waals surface area contributed by atoms with Gasteiger partial charge in [0.2, 0.25) is 11.8 Å². The average molecular weight is 554 g/mol. The van der Waals surface area contributed by atoms with Gasteiger partial charge >= 0.3 is 6.09 Å². The number of hydrogen-bond donors (Lipinski definition) is 1. The van der Waals surface area contributed by atoms with Crippen LogP contribution in [0.3, 0.4) is 0 Å². The summed E-state index contributed by atoms with van der Waals surface area (Å²) in [6.07, 6.45) is 3.75. The van der Waals surface area contributed by atoms with Crippen LogP contribution in [-0.4, -0.2) is 82.0 Å². The number of carbonyl (C=O) groups excluding carboxylic acids is 3. The van der Waals surface area contributed by atoms with E-state index in [1.54, 1.807) is 37.8 Å². The summed E-state index contributed by atoms with van der Waals surface area (Å²) in [5, 5.41) is 12.4. The van der Waals surface area contributed by atoms with Gasteiger partial charge in [-0.15, -0.1) is 0 Å². The second kappa shape index (κ2) is 11.0. The lowest BCUT2D eigenvalue weighted by molar-refractivity contribution is -0.143. The van der Waals surface area contributed by atoms with E-state index in [2.05, 4.69) is 11.4 Å². The molecular formula is C30H40FN5O4. The van der Waals surface area contributed by atoms with E-state index >= 15 is 0 Å². The molecule has 2 bridgehead atoms. The van der Waals surface area contributed by atoms with Crippen molar-refractivity contribution in [2.75, 3.05) is 19.6 Å². The zero-order chi connectivity index (χ0) is 28.8. The van der Waals surface area contributed by atoms with Crippen molar-refractivity contribution in [1.82, 2.24) is 20.0 Å². The minimum Gasteiger partial charge on any atom is -0.444 e. The van der Waals surface area contributed by atoms with E-state index < -0.39 is 29.8 Å². The van der Waals surface area contributed by atoms with Gasteiger partial charge in [0.05, 0.1) is 18.2 Å². The minimum atomic E-state index is -0.948. The van der Waals surface area contributed by atoms with E-state index in [4.69, 9.17) is 4.74 Å². The molecule has 9 nitrogen and oxygen atoms in total. The van der Waals surface area contributed by atoms with Gasteiger partial charge in [-0.05, 0) is 76.0 Å². The largest absolute Gasteiger partial charge is 0.444 e. The number of halogens is 1. The maximum atomic E-state index is 13.8. The highest BCUT2D eigenvalue weighted by atomic mass is 19.1. The molecule has 40 heavy (non-hydrogen) atoms. The molecule has 4 fully saturated rings. The zero-order valence-corrected chi connectivity index (χ0v) is 23.8. The molecular weight excluding hydrogens is 513 g/mol. The molecule has 1 aliphatic carbocycles. The van der Waals surface area contributed by atoms with Crippen molar-refractivity contribution in [1.29, 1.82) is 5.26 Å². The molecule has 5 unspecified atom stereocenters. The van der Waals surface area contributed by atoms with Crippen LogP contribution in [0.2, 0.25) is 0 Å². The third kappa shape index (κ3) is 5.67. The minimum absolute atomic E-state index is 0.0191. The first-order valence-electron chi connectivity index (χ1n) is 14.5. The van der Waals surface area contributed by atoms with Gasteiger partial charge in [-0.25, -0.2) is 9.18 Å². The van der Waals surface area contributed by atoms with Crippen molar-refractivity contribution in [3.05, 3.63) is 35.6 Å². The Kier molecular flexibility index (Phi) is 7.79. The summed E-state index contributed by atoms with van der Waals surface area (Å²) in [6, 6.07) is 6.72. The molecule has 10 heteroatoms. The van der Waals surface area contributed by atoms with Gasteiger partial charge in [-0.3, -0.25) is 14.5 Å². The van der Waals surface area contributed by atoms with Crippen LogP contribution in [0.4, 0.5) is 9.18 Å². The Hall–Kier alpha value is -3.19. The number of fused-ring (bicyclic) bond motifs is 2. The van der Waals surface area contributed by atoms with Gasteiger partial charge < -0.3 is 19.9 Å². The summed E-state index contributed by atoms with van der Waals surface area (Å²) in [6.45, 7) is 8.45. The van der Waals surface area contributed by atoms with Gasteiger partial charge in [0, 0.05) is 25.7 Å². The third-order valence-electron chi connectivity index (χ3n) is 8.77. The van der Waals surface area contributed by atoms with Crippen LogP contribution in [0.5, 0.6) is 0 Å². The van der Waals surface area contributed by atoms with E-state index in [-0.39, 0.29) is 42.2 Å². The number of likely N-dealkylation sites (tertiary alicyclic amines) is 3. The van der Waals surface area contributed by atoms with Crippen molar-refractivity contribution in [3.63, 3.8) is 0 Å². The zero-order valence-electron chi connectivity index (χ0n) is 23.8. The maximum Gasteiger partial charge on any atom is 0.408 e. The van der Waals surface area contributed by atoms with Crippen LogP contribution in [-0.2, 0) is 14.3 Å². The summed E-state index contributed by atoms with van der Waals surface area (Å²) in [5.41, 5.74) is 0.221. The van der Waals surface area contributed by atoms with Crippen molar-refractivity contribution >= 4 is 17.9 Å². The molecule has 216 valence electrons. The molecule has 0 radical (unpaired) electrons. The van der Waals surface area contributed by atoms with E-state index in [0.29, 0.717) is 31.8 Å². The highest BCUT2D eigenvalue weighted by Crippen LogP contribution is 2.47. The molecule has 1 saturated carbocycles. The smallest absolute Gasteiger partial charge is 0.408 e. The summed E-state index contributed by atoms with van der Waals surface area (Å²) in [7, 11) is 0. The molecule has 4 aliphatic rings. The van der Waals surface area contributed by atoms with Crippen LogP contribution >= 0.6 is 0 Å². The Morgan fingerprint density at radius 2 is 1.88 bits per heavy atom. The first-order valence-corrected chi connectivity index (χ1v) is 14.5. The van der Waals surface area contributed by atoms with Gasteiger partial charge in [0.25, 0.3) is 0 Å². The van der Waals surface area contributed by atoms with Crippen LogP contribution < -0.4 is 5.32 Å². The fourth-order valence-corrected chi connectivity index (χ4v) is 6.81.